The van der Waals surface area contributed by atoms with Gasteiger partial charge in [-0.3, -0.25) is 4.99 Å². The summed E-state index contributed by atoms with van der Waals surface area (Å²) in [7, 11) is -3.67. The summed E-state index contributed by atoms with van der Waals surface area (Å²) in [5, 5.41) is 7.97. The minimum Gasteiger partial charge on any atom is -0.366 e. The van der Waals surface area contributed by atoms with E-state index in [1.165, 1.54) is 0 Å². The lowest BCUT2D eigenvalue weighted by molar-refractivity contribution is -0.151. The number of hydrogen-bond donors (Lipinski definition) is 2. The maximum atomic E-state index is 13.9. The molecule has 0 saturated heterocycles. The van der Waals surface area contributed by atoms with Crippen LogP contribution in [0.5, 0.6) is 0 Å². The minimum atomic E-state index is -3.67. The van der Waals surface area contributed by atoms with Crippen LogP contribution in [0.3, 0.4) is 0 Å². The van der Waals surface area contributed by atoms with Gasteiger partial charge in [-0.05, 0) is 75.4 Å². The van der Waals surface area contributed by atoms with Gasteiger partial charge in [0.2, 0.25) is 10.0 Å². The Balaban J connectivity index is 1.35. The third kappa shape index (κ3) is 4.84. The number of benzene rings is 2. The second kappa shape index (κ2) is 9.67. The molecule has 4 aliphatic rings. The van der Waals surface area contributed by atoms with Crippen molar-refractivity contribution in [2.24, 2.45) is 16.3 Å². The van der Waals surface area contributed by atoms with Crippen molar-refractivity contribution in [1.82, 2.24) is 14.9 Å². The molecule has 3 aliphatic carbocycles. The van der Waals surface area contributed by atoms with Gasteiger partial charge in [0, 0.05) is 29.1 Å². The van der Waals surface area contributed by atoms with E-state index in [9.17, 15) is 8.42 Å². The normalized spacial score (nSPS) is 28.7. The van der Waals surface area contributed by atoms with Crippen LogP contribution < -0.4 is 10.6 Å². The van der Waals surface area contributed by atoms with Crippen molar-refractivity contribution in [2.45, 2.75) is 81.9 Å². The van der Waals surface area contributed by atoms with Crippen LogP contribution in [0, 0.1) is 11.3 Å². The number of rotatable bonds is 11. The van der Waals surface area contributed by atoms with Gasteiger partial charge in [0.25, 0.3) is 0 Å². The van der Waals surface area contributed by atoms with E-state index in [4.69, 9.17) is 16.6 Å². The molecule has 6 rings (SSSR count). The highest BCUT2D eigenvalue weighted by atomic mass is 35.5. The number of halogens is 1. The largest absolute Gasteiger partial charge is 0.366 e. The highest BCUT2D eigenvalue weighted by Gasteiger charge is 2.75. The molecular weight excluding hydrogens is 504 g/mol. The lowest BCUT2D eigenvalue weighted by Gasteiger charge is -2.73. The van der Waals surface area contributed by atoms with E-state index in [0.29, 0.717) is 22.4 Å². The Morgan fingerprint density at radius 1 is 1.11 bits per heavy atom. The number of nitrogens with one attached hydrogen (secondary N) is 2. The Kier molecular flexibility index (Phi) is 6.97. The fourth-order valence-electron chi connectivity index (χ4n) is 6.15. The zero-order valence-corrected chi connectivity index (χ0v) is 23.9. The number of hydrogen-bond acceptors (Lipinski definition) is 5. The van der Waals surface area contributed by atoms with E-state index in [-0.39, 0.29) is 22.5 Å². The summed E-state index contributed by atoms with van der Waals surface area (Å²) in [6.45, 7) is 11.1. The first kappa shape index (κ1) is 26.7. The second-order valence-electron chi connectivity index (χ2n) is 12.0. The number of nitrogens with zero attached hydrogens (tertiary/aromatic N) is 2. The van der Waals surface area contributed by atoms with Crippen molar-refractivity contribution in [3.05, 3.63) is 65.2 Å². The molecule has 6 nitrogen and oxygen atoms in total. The van der Waals surface area contributed by atoms with Gasteiger partial charge in [-0.1, -0.05) is 62.2 Å². The number of sulfonamides is 1. The summed E-state index contributed by atoms with van der Waals surface area (Å²) in [5.74, 6) is 1.72. The van der Waals surface area contributed by atoms with Crippen LogP contribution in [0.2, 0.25) is 5.02 Å². The molecule has 2 atom stereocenters. The Bertz CT molecular complexity index is 1240. The highest BCUT2D eigenvalue weighted by molar-refractivity contribution is 7.89. The fourth-order valence-corrected chi connectivity index (χ4v) is 8.06. The molecule has 2 aromatic carbocycles. The molecule has 0 radical (unpaired) electrons. The summed E-state index contributed by atoms with van der Waals surface area (Å²) >= 11 is 6.09. The lowest BCUT2D eigenvalue weighted by atomic mass is 9.38. The molecule has 200 valence electrons. The molecule has 8 heteroatoms. The molecule has 37 heavy (non-hydrogen) atoms. The SMILES string of the molecule is CCC(C)CNC[C@@H]1N=C(C23CC(N(Cc4ccc(Cl)cc4)S(=O)(=O)c4ccccc4)(C2)C3)NC1(C)C. The van der Waals surface area contributed by atoms with E-state index in [1.807, 2.05) is 30.3 Å². The van der Waals surface area contributed by atoms with Crippen molar-refractivity contribution in [1.29, 1.82) is 0 Å². The number of aliphatic imine (C=N–C) groups is 1. The van der Waals surface area contributed by atoms with Crippen LogP contribution in [0.4, 0.5) is 0 Å². The van der Waals surface area contributed by atoms with Gasteiger partial charge in [-0.25, -0.2) is 8.42 Å². The van der Waals surface area contributed by atoms with Crippen molar-refractivity contribution < 1.29 is 8.42 Å². The average Bonchev–Trinajstić information content (AvgIpc) is 3.12. The van der Waals surface area contributed by atoms with Crippen molar-refractivity contribution in [3.63, 3.8) is 0 Å². The summed E-state index contributed by atoms with van der Waals surface area (Å²) in [4.78, 5) is 5.50. The van der Waals surface area contributed by atoms with Crippen molar-refractivity contribution >= 4 is 27.5 Å². The quantitative estimate of drug-likeness (QED) is 0.407. The molecule has 2 N–H and O–H groups in total. The molecule has 2 bridgehead atoms. The monoisotopic (exact) mass is 542 g/mol. The summed E-state index contributed by atoms with van der Waals surface area (Å²) in [5.41, 5.74) is 0.384. The lowest BCUT2D eigenvalue weighted by Crippen LogP contribution is -2.78. The molecule has 3 saturated carbocycles. The molecule has 3 fully saturated rings. The Morgan fingerprint density at radius 3 is 2.38 bits per heavy atom. The Morgan fingerprint density at radius 2 is 1.76 bits per heavy atom. The van der Waals surface area contributed by atoms with Gasteiger partial charge in [0.1, 0.15) is 5.84 Å². The van der Waals surface area contributed by atoms with E-state index < -0.39 is 10.0 Å². The van der Waals surface area contributed by atoms with Gasteiger partial charge < -0.3 is 10.6 Å². The maximum absolute atomic E-state index is 13.9. The van der Waals surface area contributed by atoms with E-state index >= 15 is 0 Å². The van der Waals surface area contributed by atoms with E-state index in [2.05, 4.69) is 38.3 Å². The zero-order chi connectivity index (χ0) is 26.5. The topological polar surface area (TPSA) is 73.8 Å². The molecule has 2 aromatic rings. The molecule has 1 aliphatic heterocycles. The third-order valence-electron chi connectivity index (χ3n) is 8.69. The highest BCUT2D eigenvalue weighted by Crippen LogP contribution is 2.71. The molecule has 1 heterocycles. The van der Waals surface area contributed by atoms with Crippen LogP contribution in [-0.2, 0) is 16.6 Å². The summed E-state index contributed by atoms with van der Waals surface area (Å²) < 4.78 is 29.5. The smallest absolute Gasteiger partial charge is 0.243 e. The first-order valence-electron chi connectivity index (χ1n) is 13.4. The first-order valence-corrected chi connectivity index (χ1v) is 15.2. The van der Waals surface area contributed by atoms with Gasteiger partial charge in [-0.2, -0.15) is 4.31 Å². The van der Waals surface area contributed by atoms with Crippen molar-refractivity contribution in [3.8, 4) is 0 Å². The van der Waals surface area contributed by atoms with Crippen LogP contribution in [-0.4, -0.2) is 48.8 Å². The van der Waals surface area contributed by atoms with Gasteiger partial charge in [-0.15, -0.1) is 0 Å². The predicted molar refractivity (Wildman–Crippen MR) is 150 cm³/mol. The molecule has 0 spiro atoms. The molecule has 0 amide bonds. The second-order valence-corrected chi connectivity index (χ2v) is 14.3. The minimum absolute atomic E-state index is 0.0484. The third-order valence-corrected chi connectivity index (χ3v) is 10.9. The molecule has 1 unspecified atom stereocenters. The van der Waals surface area contributed by atoms with E-state index in [0.717, 1.165) is 50.2 Å². The van der Waals surface area contributed by atoms with Crippen molar-refractivity contribution in [2.75, 3.05) is 13.1 Å². The standard InChI is InChI=1S/C29H39ClN4O2S/c1-5-21(2)15-31-16-25-27(3,4)33-26(32-25)28-18-29(19-28,20-28)34(17-22-11-13-23(30)14-12-22)37(35,36)24-9-7-6-8-10-24/h6-14,21,25,31H,5,15-20H2,1-4H3,(H,32,33)/t21?,25-,28?,29?/m0/s1. The average molecular weight is 543 g/mol. The van der Waals surface area contributed by atoms with Crippen LogP contribution >= 0.6 is 11.6 Å². The van der Waals surface area contributed by atoms with Crippen LogP contribution in [0.1, 0.15) is 58.9 Å². The summed E-state index contributed by atoms with van der Waals surface area (Å²) in [6.07, 6.45) is 3.56. The summed E-state index contributed by atoms with van der Waals surface area (Å²) in [6, 6.07) is 16.4. The Labute approximate surface area is 226 Å². The molecular formula is C29H39ClN4O2S. The Hall–Kier alpha value is -1.93. The predicted octanol–water partition coefficient (Wildman–Crippen LogP) is 5.24. The first-order chi connectivity index (χ1) is 17.5. The van der Waals surface area contributed by atoms with Crippen LogP contribution in [0.15, 0.2) is 64.5 Å². The number of amidine groups is 1. The maximum Gasteiger partial charge on any atom is 0.243 e. The van der Waals surface area contributed by atoms with Gasteiger partial charge >= 0.3 is 0 Å². The fraction of sp³-hybridized carbons (Fsp3) is 0.552. The zero-order valence-electron chi connectivity index (χ0n) is 22.3. The van der Waals surface area contributed by atoms with Crippen LogP contribution in [0.25, 0.3) is 0 Å². The molecule has 0 aromatic heterocycles. The van der Waals surface area contributed by atoms with Gasteiger partial charge in [0.15, 0.2) is 0 Å². The van der Waals surface area contributed by atoms with E-state index in [1.54, 1.807) is 28.6 Å². The van der Waals surface area contributed by atoms with Gasteiger partial charge in [0.05, 0.1) is 16.5 Å².